The molecule has 1 aliphatic carbocycles. The summed E-state index contributed by atoms with van der Waals surface area (Å²) in [6, 6.07) is -0.618. The first-order chi connectivity index (χ1) is 13.6. The molecule has 2 amide bonds. The second-order valence-electron chi connectivity index (χ2n) is 7.05. The van der Waals surface area contributed by atoms with Gasteiger partial charge < -0.3 is 9.88 Å². The molecule has 0 saturated carbocycles. The Kier molecular flexibility index (Phi) is 5.05. The number of amides is 2. The first kappa shape index (κ1) is 18.1. The Hall–Kier alpha value is -3.23. The van der Waals surface area contributed by atoms with Gasteiger partial charge in [-0.05, 0) is 31.3 Å². The van der Waals surface area contributed by atoms with E-state index < -0.39 is 11.9 Å². The van der Waals surface area contributed by atoms with Crippen molar-refractivity contribution in [2.24, 2.45) is 0 Å². The average Bonchev–Trinajstić information content (AvgIpc) is 3.35. The summed E-state index contributed by atoms with van der Waals surface area (Å²) in [7, 11) is 1.69. The Labute approximate surface area is 162 Å². The van der Waals surface area contributed by atoms with E-state index in [0.717, 1.165) is 37.2 Å². The molecule has 2 aliphatic rings. The van der Waals surface area contributed by atoms with E-state index in [1.54, 1.807) is 19.6 Å². The fourth-order valence-electron chi connectivity index (χ4n) is 3.53. The maximum absolute atomic E-state index is 12.8. The van der Waals surface area contributed by atoms with Crippen LogP contribution in [0.1, 0.15) is 42.1 Å². The molecule has 2 N–H and O–H groups in total. The first-order valence-electron chi connectivity index (χ1n) is 9.47. The van der Waals surface area contributed by atoms with Gasteiger partial charge in [0.1, 0.15) is 17.7 Å². The fraction of sp³-hybridized carbons (Fsp3) is 0.421. The van der Waals surface area contributed by atoms with Gasteiger partial charge in [0, 0.05) is 20.0 Å². The summed E-state index contributed by atoms with van der Waals surface area (Å²) in [6.45, 7) is 0.743. The molecule has 0 aromatic carbocycles. The molecular formula is C19H23N7O2. The molecule has 0 radical (unpaired) electrons. The van der Waals surface area contributed by atoms with E-state index in [0.29, 0.717) is 18.7 Å². The van der Waals surface area contributed by atoms with Gasteiger partial charge in [0.2, 0.25) is 11.7 Å². The lowest BCUT2D eigenvalue weighted by Gasteiger charge is -2.27. The molecule has 3 heterocycles. The number of aryl methyl sites for hydroxylation is 1. The number of imidazole rings is 1. The summed E-state index contributed by atoms with van der Waals surface area (Å²) in [5.41, 5.74) is 1.16. The molecule has 0 saturated heterocycles. The maximum atomic E-state index is 12.8. The third-order valence-corrected chi connectivity index (χ3v) is 5.04. The molecule has 0 fully saturated rings. The van der Waals surface area contributed by atoms with Crippen molar-refractivity contribution in [3.63, 3.8) is 0 Å². The number of nitrogens with zero attached hydrogens (tertiary/aromatic N) is 5. The molecule has 9 nitrogen and oxygen atoms in total. The van der Waals surface area contributed by atoms with E-state index in [4.69, 9.17) is 0 Å². The Morgan fingerprint density at radius 3 is 3.11 bits per heavy atom. The van der Waals surface area contributed by atoms with E-state index in [9.17, 15) is 9.59 Å². The molecule has 1 atom stereocenters. The summed E-state index contributed by atoms with van der Waals surface area (Å²) in [5, 5.41) is 9.63. The number of aromatic amines is 1. The van der Waals surface area contributed by atoms with E-state index >= 15 is 0 Å². The van der Waals surface area contributed by atoms with E-state index in [-0.39, 0.29) is 11.7 Å². The third-order valence-electron chi connectivity index (χ3n) is 5.04. The second-order valence-corrected chi connectivity index (χ2v) is 7.05. The zero-order valence-corrected chi connectivity index (χ0v) is 15.8. The monoisotopic (exact) mass is 381 g/mol. The minimum Gasteiger partial charge on any atom is -0.337 e. The quantitative estimate of drug-likeness (QED) is 0.832. The van der Waals surface area contributed by atoms with Crippen LogP contribution >= 0.6 is 0 Å². The summed E-state index contributed by atoms with van der Waals surface area (Å²) in [5.74, 6) is 0.781. The molecule has 1 unspecified atom stereocenters. The zero-order chi connectivity index (χ0) is 19.5. The van der Waals surface area contributed by atoms with Gasteiger partial charge in [-0.25, -0.2) is 9.97 Å². The number of fused-ring (bicyclic) bond motifs is 1. The number of allylic oxidation sites excluding steroid dienone is 4. The highest BCUT2D eigenvalue weighted by Gasteiger charge is 2.29. The number of hydrogen-bond donors (Lipinski definition) is 2. The van der Waals surface area contributed by atoms with Gasteiger partial charge in [0.05, 0.1) is 12.5 Å². The highest BCUT2D eigenvalue weighted by atomic mass is 16.2. The van der Waals surface area contributed by atoms with Crippen molar-refractivity contribution in [3.05, 3.63) is 48.0 Å². The average molecular weight is 381 g/mol. The van der Waals surface area contributed by atoms with Crippen LogP contribution in [-0.4, -0.2) is 49.6 Å². The number of carbonyl (C=O) groups excluding carboxylic acids is 2. The highest BCUT2D eigenvalue weighted by Crippen LogP contribution is 2.19. The predicted octanol–water partition coefficient (Wildman–Crippen LogP) is 1.38. The number of likely N-dealkylation sites (N-methyl/N-ethyl adjacent to an activating group) is 1. The lowest BCUT2D eigenvalue weighted by atomic mass is 10.0. The van der Waals surface area contributed by atoms with Crippen molar-refractivity contribution < 1.29 is 9.59 Å². The lowest BCUT2D eigenvalue weighted by molar-refractivity contribution is -0.120. The number of carbonyl (C=O) groups is 2. The number of aromatic nitrogens is 5. The van der Waals surface area contributed by atoms with Gasteiger partial charge in [0.15, 0.2) is 0 Å². The standard InChI is InChI=1S/C19H23N7O2/c1-25-16-11-20-12-26(16)9-5-8-14(19(25)28)21-18(27)17-22-15(23-24-17)10-13-6-3-2-4-7-13/h3,6-7,11-12,14H,2,4-5,8-10H2,1H3,(H,21,27)(H,22,23,24). The van der Waals surface area contributed by atoms with E-state index in [2.05, 4.69) is 43.7 Å². The third kappa shape index (κ3) is 3.73. The number of H-pyrrole nitrogens is 1. The number of hydrogen-bond acceptors (Lipinski definition) is 5. The molecular weight excluding hydrogens is 358 g/mol. The summed E-state index contributed by atoms with van der Waals surface area (Å²) in [4.78, 5) is 35.3. The SMILES string of the molecule is CN1C(=O)C(NC(=O)c2n[nH]c(CC3=CCCC=C3)n2)CCCn2cncc21. The minimum absolute atomic E-state index is 0.0537. The van der Waals surface area contributed by atoms with Crippen LogP contribution in [0.5, 0.6) is 0 Å². The van der Waals surface area contributed by atoms with Gasteiger partial charge in [-0.3, -0.25) is 19.6 Å². The normalized spacial score (nSPS) is 19.6. The molecule has 9 heteroatoms. The Morgan fingerprint density at radius 1 is 1.39 bits per heavy atom. The van der Waals surface area contributed by atoms with Crippen molar-refractivity contribution in [2.45, 2.75) is 44.7 Å². The van der Waals surface area contributed by atoms with Crippen LogP contribution in [0.4, 0.5) is 5.82 Å². The van der Waals surface area contributed by atoms with Crippen LogP contribution in [0.15, 0.2) is 36.3 Å². The zero-order valence-electron chi connectivity index (χ0n) is 15.8. The Balaban J connectivity index is 1.42. The topological polar surface area (TPSA) is 109 Å². The predicted molar refractivity (Wildman–Crippen MR) is 103 cm³/mol. The van der Waals surface area contributed by atoms with Gasteiger partial charge >= 0.3 is 0 Å². The van der Waals surface area contributed by atoms with E-state index in [1.165, 1.54) is 4.90 Å². The van der Waals surface area contributed by atoms with Gasteiger partial charge in [-0.15, -0.1) is 5.10 Å². The number of rotatable bonds is 4. The van der Waals surface area contributed by atoms with Crippen LogP contribution in [0, 0.1) is 0 Å². The van der Waals surface area contributed by atoms with Gasteiger partial charge in [0.25, 0.3) is 5.91 Å². The Morgan fingerprint density at radius 2 is 2.29 bits per heavy atom. The Bertz CT molecular complexity index is 940. The molecule has 28 heavy (non-hydrogen) atoms. The molecule has 0 bridgehead atoms. The van der Waals surface area contributed by atoms with Crippen LogP contribution in [0.2, 0.25) is 0 Å². The van der Waals surface area contributed by atoms with Crippen LogP contribution in [0.25, 0.3) is 0 Å². The highest BCUT2D eigenvalue weighted by molar-refractivity contribution is 6.00. The summed E-state index contributed by atoms with van der Waals surface area (Å²) in [6.07, 6.45) is 13.7. The number of nitrogens with one attached hydrogen (secondary N) is 2. The van der Waals surface area contributed by atoms with Crippen molar-refractivity contribution >= 4 is 17.6 Å². The van der Waals surface area contributed by atoms with Crippen molar-refractivity contribution in [3.8, 4) is 0 Å². The van der Waals surface area contributed by atoms with Crippen molar-refractivity contribution in [2.75, 3.05) is 11.9 Å². The van der Waals surface area contributed by atoms with Crippen LogP contribution < -0.4 is 10.2 Å². The molecule has 2 aromatic heterocycles. The molecule has 146 valence electrons. The molecule has 2 aromatic rings. The minimum atomic E-state index is -0.618. The molecule has 0 spiro atoms. The van der Waals surface area contributed by atoms with Crippen molar-refractivity contribution in [1.29, 1.82) is 0 Å². The summed E-state index contributed by atoms with van der Waals surface area (Å²) < 4.78 is 1.94. The van der Waals surface area contributed by atoms with E-state index in [1.807, 2.05) is 4.57 Å². The fourth-order valence-corrected chi connectivity index (χ4v) is 3.53. The van der Waals surface area contributed by atoms with Crippen molar-refractivity contribution in [1.82, 2.24) is 30.0 Å². The largest absolute Gasteiger partial charge is 0.337 e. The van der Waals surface area contributed by atoms with Crippen LogP contribution in [-0.2, 0) is 17.8 Å². The molecule has 4 rings (SSSR count). The smallest absolute Gasteiger partial charge is 0.291 e. The first-order valence-corrected chi connectivity index (χ1v) is 9.47. The second kappa shape index (κ2) is 7.79. The van der Waals surface area contributed by atoms with Gasteiger partial charge in [-0.2, -0.15) is 0 Å². The number of anilines is 1. The molecule has 1 aliphatic heterocycles. The maximum Gasteiger partial charge on any atom is 0.291 e. The van der Waals surface area contributed by atoms with Gasteiger partial charge in [-0.1, -0.05) is 18.2 Å². The summed E-state index contributed by atoms with van der Waals surface area (Å²) >= 11 is 0. The lowest BCUT2D eigenvalue weighted by Crippen LogP contribution is -2.49. The van der Waals surface area contributed by atoms with Crippen LogP contribution in [0.3, 0.4) is 0 Å².